The molecule has 1 fully saturated rings. The lowest BCUT2D eigenvalue weighted by atomic mass is 10.1. The standard InChI is InChI=1S/C27H27N3O4S/c31-26(17-19-6-14-24(15-7-19)35(33,34)18-20-4-5-20)29-22-10-8-21(9-11-22)27(32)30(23-12-13-23)25-3-1-2-16-28-25/h2,4,6-11,14-16,23H,1,3,5,12-13,17-18H2,(H,29,31). The highest BCUT2D eigenvalue weighted by Gasteiger charge is 2.36. The van der Waals surface area contributed by atoms with Crippen LogP contribution in [0.25, 0.3) is 0 Å². The summed E-state index contributed by atoms with van der Waals surface area (Å²) in [5.41, 5.74) is 2.83. The van der Waals surface area contributed by atoms with Gasteiger partial charge in [-0.05, 0) is 67.6 Å². The molecule has 5 rings (SSSR count). The number of nitrogens with one attached hydrogen (secondary N) is 1. The molecular formula is C27H27N3O4S. The molecule has 2 aliphatic carbocycles. The van der Waals surface area contributed by atoms with Crippen molar-refractivity contribution in [2.45, 2.75) is 49.5 Å². The maximum atomic E-state index is 13.1. The van der Waals surface area contributed by atoms with Gasteiger partial charge in [0.1, 0.15) is 5.84 Å². The normalized spacial score (nSPS) is 16.8. The average molecular weight is 490 g/mol. The Bertz CT molecular complexity index is 1340. The lowest BCUT2D eigenvalue weighted by Gasteiger charge is -2.25. The highest BCUT2D eigenvalue weighted by molar-refractivity contribution is 7.91. The van der Waals surface area contributed by atoms with Crippen molar-refractivity contribution in [3.05, 3.63) is 83.6 Å². The molecule has 35 heavy (non-hydrogen) atoms. The highest BCUT2D eigenvalue weighted by Crippen LogP contribution is 2.30. The molecular weight excluding hydrogens is 462 g/mol. The van der Waals surface area contributed by atoms with Gasteiger partial charge in [0.05, 0.1) is 17.1 Å². The van der Waals surface area contributed by atoms with Gasteiger partial charge >= 0.3 is 0 Å². The zero-order valence-electron chi connectivity index (χ0n) is 19.3. The number of nitrogens with zero attached hydrogens (tertiary/aromatic N) is 2. The maximum Gasteiger partial charge on any atom is 0.259 e. The van der Waals surface area contributed by atoms with Crippen molar-refractivity contribution in [2.24, 2.45) is 4.99 Å². The van der Waals surface area contributed by atoms with Crippen molar-refractivity contribution < 1.29 is 18.0 Å². The predicted molar refractivity (Wildman–Crippen MR) is 135 cm³/mol. The van der Waals surface area contributed by atoms with E-state index >= 15 is 0 Å². The molecule has 0 atom stereocenters. The smallest absolute Gasteiger partial charge is 0.259 e. The summed E-state index contributed by atoms with van der Waals surface area (Å²) in [6, 6.07) is 13.6. The number of carbonyl (C=O) groups excluding carboxylic acids is 2. The molecule has 1 saturated carbocycles. The molecule has 8 heteroatoms. The second-order valence-corrected chi connectivity index (χ2v) is 11.1. The third-order valence-electron chi connectivity index (χ3n) is 6.20. The average Bonchev–Trinajstić information content (AvgIpc) is 3.78. The van der Waals surface area contributed by atoms with Crippen molar-refractivity contribution in [2.75, 3.05) is 11.1 Å². The van der Waals surface area contributed by atoms with Gasteiger partial charge in [0, 0.05) is 29.9 Å². The fraction of sp³-hybridized carbons (Fsp3) is 0.296. The Kier molecular flexibility index (Phi) is 6.38. The van der Waals surface area contributed by atoms with Crippen molar-refractivity contribution >= 4 is 33.2 Å². The molecule has 0 bridgehead atoms. The zero-order valence-corrected chi connectivity index (χ0v) is 20.1. The van der Waals surface area contributed by atoms with Crippen LogP contribution in [-0.4, -0.2) is 42.8 Å². The predicted octanol–water partition coefficient (Wildman–Crippen LogP) is 4.28. The Morgan fingerprint density at radius 2 is 1.74 bits per heavy atom. The van der Waals surface area contributed by atoms with Crippen molar-refractivity contribution in [1.29, 1.82) is 0 Å². The topological polar surface area (TPSA) is 95.9 Å². The van der Waals surface area contributed by atoms with Gasteiger partial charge in [-0.15, -0.1) is 0 Å². The SMILES string of the molecule is O=C(Cc1ccc(S(=O)(=O)CC2=CC2)cc1)Nc1ccc(C(=O)N(C2=NC=CCC2)C2CC2)cc1. The van der Waals surface area contributed by atoms with Crippen LogP contribution in [0.4, 0.5) is 5.69 Å². The van der Waals surface area contributed by atoms with Gasteiger partial charge in [-0.1, -0.05) is 29.9 Å². The van der Waals surface area contributed by atoms with Crippen LogP contribution in [0.3, 0.4) is 0 Å². The van der Waals surface area contributed by atoms with E-state index in [4.69, 9.17) is 0 Å². The Morgan fingerprint density at radius 3 is 2.34 bits per heavy atom. The molecule has 0 radical (unpaired) electrons. The molecule has 0 aromatic heterocycles. The minimum Gasteiger partial charge on any atom is -0.326 e. The second kappa shape index (κ2) is 9.62. The minimum atomic E-state index is -3.33. The van der Waals surface area contributed by atoms with Crippen LogP contribution < -0.4 is 5.32 Å². The number of amides is 2. The summed E-state index contributed by atoms with van der Waals surface area (Å²) in [4.78, 5) is 32.2. The number of anilines is 1. The molecule has 0 unspecified atom stereocenters. The Hall–Kier alpha value is -3.52. The van der Waals surface area contributed by atoms with E-state index in [1.54, 1.807) is 54.7 Å². The maximum absolute atomic E-state index is 13.1. The number of benzene rings is 2. The van der Waals surface area contributed by atoms with Gasteiger partial charge in [-0.25, -0.2) is 13.4 Å². The monoisotopic (exact) mass is 489 g/mol. The first-order chi connectivity index (χ1) is 16.9. The van der Waals surface area contributed by atoms with Crippen molar-refractivity contribution in [1.82, 2.24) is 4.90 Å². The number of aliphatic imine (C=N–C) groups is 1. The number of allylic oxidation sites excluding steroid dienone is 2. The molecule has 2 amide bonds. The number of carbonyl (C=O) groups is 2. The van der Waals surface area contributed by atoms with Crippen molar-refractivity contribution in [3.8, 4) is 0 Å². The molecule has 1 N–H and O–H groups in total. The van der Waals surface area contributed by atoms with Crippen LogP contribution in [0, 0.1) is 0 Å². The molecule has 0 spiro atoms. The Balaban J connectivity index is 1.19. The van der Waals surface area contributed by atoms with Crippen LogP contribution in [0.15, 0.2) is 82.3 Å². The first-order valence-corrected chi connectivity index (χ1v) is 13.5. The van der Waals surface area contributed by atoms with Crippen LogP contribution in [-0.2, 0) is 21.1 Å². The Labute approximate surface area is 205 Å². The first-order valence-electron chi connectivity index (χ1n) is 11.8. The van der Waals surface area contributed by atoms with E-state index in [0.717, 1.165) is 49.1 Å². The van der Waals surface area contributed by atoms with Gasteiger partial charge in [-0.3, -0.25) is 14.5 Å². The van der Waals surface area contributed by atoms with Crippen LogP contribution in [0.5, 0.6) is 0 Å². The summed E-state index contributed by atoms with van der Waals surface area (Å²) < 4.78 is 24.7. The van der Waals surface area contributed by atoms with E-state index in [0.29, 0.717) is 11.3 Å². The number of hydrogen-bond donors (Lipinski definition) is 1. The van der Waals surface area contributed by atoms with E-state index in [-0.39, 0.29) is 34.9 Å². The molecule has 2 aromatic carbocycles. The number of amidine groups is 1. The summed E-state index contributed by atoms with van der Waals surface area (Å²) >= 11 is 0. The van der Waals surface area contributed by atoms with E-state index in [2.05, 4.69) is 10.3 Å². The van der Waals surface area contributed by atoms with Crippen molar-refractivity contribution in [3.63, 3.8) is 0 Å². The molecule has 7 nitrogen and oxygen atoms in total. The minimum absolute atomic E-state index is 0.0626. The molecule has 0 saturated heterocycles. The lowest BCUT2D eigenvalue weighted by molar-refractivity contribution is -0.115. The summed E-state index contributed by atoms with van der Waals surface area (Å²) in [6.07, 6.45) is 10.2. The molecule has 2 aromatic rings. The summed E-state index contributed by atoms with van der Waals surface area (Å²) in [5, 5.41) is 2.84. The summed E-state index contributed by atoms with van der Waals surface area (Å²) in [6.45, 7) is 0. The molecule has 1 aliphatic heterocycles. The quantitative estimate of drug-likeness (QED) is 0.560. The van der Waals surface area contributed by atoms with E-state index < -0.39 is 9.84 Å². The van der Waals surface area contributed by atoms with E-state index in [9.17, 15) is 18.0 Å². The van der Waals surface area contributed by atoms with Gasteiger partial charge in [0.25, 0.3) is 5.91 Å². The largest absolute Gasteiger partial charge is 0.326 e. The summed E-state index contributed by atoms with van der Waals surface area (Å²) in [5.74, 6) is 0.605. The number of sulfone groups is 1. The highest BCUT2D eigenvalue weighted by atomic mass is 32.2. The lowest BCUT2D eigenvalue weighted by Crippen LogP contribution is -2.39. The van der Waals surface area contributed by atoms with E-state index in [1.165, 1.54) is 0 Å². The molecule has 1 heterocycles. The third-order valence-corrected chi connectivity index (χ3v) is 7.94. The molecule has 180 valence electrons. The van der Waals surface area contributed by atoms with Gasteiger partial charge in [-0.2, -0.15) is 0 Å². The Morgan fingerprint density at radius 1 is 1.03 bits per heavy atom. The number of rotatable bonds is 8. The van der Waals surface area contributed by atoms with Crippen LogP contribution in [0.2, 0.25) is 0 Å². The first kappa shape index (κ1) is 23.2. The number of hydrogen-bond acceptors (Lipinski definition) is 5. The van der Waals surface area contributed by atoms with Crippen LogP contribution in [0.1, 0.15) is 48.0 Å². The third kappa shape index (κ3) is 5.77. The molecule has 3 aliphatic rings. The summed E-state index contributed by atoms with van der Waals surface area (Å²) in [7, 11) is -3.33. The van der Waals surface area contributed by atoms with Crippen LogP contribution >= 0.6 is 0 Å². The van der Waals surface area contributed by atoms with Gasteiger partial charge in [0.15, 0.2) is 9.84 Å². The fourth-order valence-electron chi connectivity index (χ4n) is 4.06. The fourth-order valence-corrected chi connectivity index (χ4v) is 5.50. The van der Waals surface area contributed by atoms with E-state index in [1.807, 2.05) is 17.1 Å². The van der Waals surface area contributed by atoms with Gasteiger partial charge < -0.3 is 5.32 Å². The second-order valence-electron chi connectivity index (χ2n) is 9.15. The zero-order chi connectivity index (χ0) is 24.4. The van der Waals surface area contributed by atoms with Gasteiger partial charge in [0.2, 0.25) is 5.91 Å².